The molecule has 3 heterocycles. The lowest BCUT2D eigenvalue weighted by Crippen LogP contribution is -2.47. The normalized spacial score (nSPS) is 27.7. The van der Waals surface area contributed by atoms with Crippen LogP contribution in [0.25, 0.3) is 11.1 Å². The van der Waals surface area contributed by atoms with Gasteiger partial charge in [-0.2, -0.15) is 0 Å². The van der Waals surface area contributed by atoms with Crippen molar-refractivity contribution >= 4 is 5.91 Å². The Kier molecular flexibility index (Phi) is 4.75. The second kappa shape index (κ2) is 7.32. The molecule has 3 aliphatic rings. The third-order valence-electron chi connectivity index (χ3n) is 7.04. The summed E-state index contributed by atoms with van der Waals surface area (Å²) in [7, 11) is 1.91. The van der Waals surface area contributed by atoms with Crippen LogP contribution in [0.2, 0.25) is 0 Å². The topological polar surface area (TPSA) is 74.6 Å². The third-order valence-corrected chi connectivity index (χ3v) is 7.04. The molecule has 6 nitrogen and oxygen atoms in total. The van der Waals surface area contributed by atoms with Gasteiger partial charge in [0, 0.05) is 42.8 Å². The van der Waals surface area contributed by atoms with Crippen molar-refractivity contribution in [1.82, 2.24) is 14.8 Å². The van der Waals surface area contributed by atoms with Gasteiger partial charge in [-0.1, -0.05) is 12.1 Å². The van der Waals surface area contributed by atoms with Crippen LogP contribution in [0.5, 0.6) is 0 Å². The number of amides is 1. The summed E-state index contributed by atoms with van der Waals surface area (Å²) in [4.78, 5) is 28.1. The second-order valence-electron chi connectivity index (χ2n) is 8.85. The average Bonchev–Trinajstić information content (AvgIpc) is 3.42. The molecule has 4 atom stereocenters. The van der Waals surface area contributed by atoms with E-state index in [0.29, 0.717) is 30.1 Å². The zero-order chi connectivity index (χ0) is 21.0. The Morgan fingerprint density at radius 1 is 1.20 bits per heavy atom. The van der Waals surface area contributed by atoms with Crippen LogP contribution < -0.4 is 10.9 Å². The highest BCUT2D eigenvalue weighted by Crippen LogP contribution is 2.48. The maximum atomic E-state index is 13.3. The molecule has 1 amide bonds. The lowest BCUT2D eigenvalue weighted by atomic mass is 9.88. The number of carbonyl (C=O) groups excluding carboxylic acids is 1. The summed E-state index contributed by atoms with van der Waals surface area (Å²) >= 11 is 0. The van der Waals surface area contributed by atoms with E-state index in [0.717, 1.165) is 5.69 Å². The number of likely N-dealkylation sites (N-methyl/N-ethyl adjacent to an activating group) is 1. The van der Waals surface area contributed by atoms with Crippen LogP contribution in [0.15, 0.2) is 41.2 Å². The van der Waals surface area contributed by atoms with E-state index >= 15 is 0 Å². The number of pyridine rings is 1. The molecule has 2 N–H and O–H groups in total. The minimum Gasteiger partial charge on any atom is -0.396 e. The van der Waals surface area contributed by atoms with Crippen LogP contribution in [-0.2, 0) is 11.3 Å². The van der Waals surface area contributed by atoms with Gasteiger partial charge in [-0.05, 0) is 55.6 Å². The third kappa shape index (κ3) is 3.08. The summed E-state index contributed by atoms with van der Waals surface area (Å²) in [5, 5.41) is 13.2. The molecule has 5 rings (SSSR count). The first-order valence-electron chi connectivity index (χ1n) is 10.6. The molecule has 1 saturated heterocycles. The van der Waals surface area contributed by atoms with Gasteiger partial charge in [-0.3, -0.25) is 14.5 Å². The highest BCUT2D eigenvalue weighted by molar-refractivity contribution is 5.82. The van der Waals surface area contributed by atoms with Crippen LogP contribution in [0.1, 0.15) is 24.6 Å². The van der Waals surface area contributed by atoms with E-state index in [1.54, 1.807) is 22.8 Å². The predicted octanol–water partition coefficient (Wildman–Crippen LogP) is 1.77. The minimum absolute atomic E-state index is 0.00663. The number of hydrogen-bond donors (Lipinski definition) is 2. The highest BCUT2D eigenvalue weighted by Gasteiger charge is 2.54. The summed E-state index contributed by atoms with van der Waals surface area (Å²) in [6.45, 7) is 1.07. The van der Waals surface area contributed by atoms with E-state index in [1.807, 2.05) is 18.0 Å². The maximum Gasteiger partial charge on any atom is 0.258 e. The summed E-state index contributed by atoms with van der Waals surface area (Å²) in [5.41, 5.74) is 1.96. The van der Waals surface area contributed by atoms with Crippen molar-refractivity contribution in [3.8, 4) is 11.1 Å². The molecule has 2 fully saturated rings. The summed E-state index contributed by atoms with van der Waals surface area (Å²) in [6.07, 6.45) is 2.34. The van der Waals surface area contributed by atoms with E-state index in [-0.39, 0.29) is 41.8 Å². The van der Waals surface area contributed by atoms with Gasteiger partial charge < -0.3 is 15.0 Å². The molecule has 0 radical (unpaired) electrons. The number of aliphatic hydroxyl groups excluding tert-OH is 1. The number of benzene rings is 1. The predicted molar refractivity (Wildman–Crippen MR) is 110 cm³/mol. The Hall–Kier alpha value is -2.51. The Labute approximate surface area is 174 Å². The number of aliphatic hydroxyl groups is 1. The highest BCUT2D eigenvalue weighted by atomic mass is 19.1. The van der Waals surface area contributed by atoms with Crippen molar-refractivity contribution in [1.29, 1.82) is 0 Å². The SMILES string of the molecule is CN1[C@H](C(=O)NCC2CC2)[C@@H](CO)[C@@H]2Cn3c(ccc(-c4ccc(F)cc4)c3=O)[C@@H]21. The second-order valence-corrected chi connectivity index (χ2v) is 8.85. The molecule has 7 heteroatoms. The zero-order valence-corrected chi connectivity index (χ0v) is 16.9. The van der Waals surface area contributed by atoms with Crippen LogP contribution in [0, 0.1) is 23.6 Å². The molecule has 2 aliphatic heterocycles. The van der Waals surface area contributed by atoms with E-state index in [9.17, 15) is 19.1 Å². The lowest BCUT2D eigenvalue weighted by molar-refractivity contribution is -0.127. The number of aromatic nitrogens is 1. The van der Waals surface area contributed by atoms with Gasteiger partial charge in [-0.25, -0.2) is 4.39 Å². The first kappa shape index (κ1) is 19.5. The average molecular weight is 411 g/mol. The molecular formula is C23H26FN3O3. The van der Waals surface area contributed by atoms with E-state index in [4.69, 9.17) is 0 Å². The van der Waals surface area contributed by atoms with Gasteiger partial charge in [0.15, 0.2) is 0 Å². The van der Waals surface area contributed by atoms with Gasteiger partial charge in [0.05, 0.1) is 12.1 Å². The molecule has 1 aromatic heterocycles. The summed E-state index contributed by atoms with van der Waals surface area (Å²) in [6, 6.07) is 9.14. The first-order chi connectivity index (χ1) is 14.5. The first-order valence-corrected chi connectivity index (χ1v) is 10.6. The van der Waals surface area contributed by atoms with Crippen LogP contribution in [-0.4, -0.2) is 46.7 Å². The van der Waals surface area contributed by atoms with Crippen molar-refractivity contribution < 1.29 is 14.3 Å². The Bertz CT molecular complexity index is 1030. The van der Waals surface area contributed by atoms with Crippen molar-refractivity contribution in [2.75, 3.05) is 20.2 Å². The molecule has 30 heavy (non-hydrogen) atoms. The lowest BCUT2D eigenvalue weighted by Gasteiger charge is -2.27. The summed E-state index contributed by atoms with van der Waals surface area (Å²) in [5.74, 6) is -0.0137. The molecule has 2 aromatic rings. The van der Waals surface area contributed by atoms with E-state index in [1.165, 1.54) is 25.0 Å². The smallest absolute Gasteiger partial charge is 0.258 e. The molecule has 1 aromatic carbocycles. The van der Waals surface area contributed by atoms with E-state index < -0.39 is 6.04 Å². The fourth-order valence-electron chi connectivity index (χ4n) is 5.29. The zero-order valence-electron chi connectivity index (χ0n) is 16.9. The minimum atomic E-state index is -0.399. The van der Waals surface area contributed by atoms with Crippen molar-refractivity contribution in [2.24, 2.45) is 17.8 Å². The largest absolute Gasteiger partial charge is 0.396 e. The number of carbonyl (C=O) groups is 1. The molecule has 1 saturated carbocycles. The van der Waals surface area contributed by atoms with Crippen LogP contribution >= 0.6 is 0 Å². The van der Waals surface area contributed by atoms with Crippen LogP contribution in [0.3, 0.4) is 0 Å². The fourth-order valence-corrected chi connectivity index (χ4v) is 5.29. The van der Waals surface area contributed by atoms with Gasteiger partial charge in [0.1, 0.15) is 5.82 Å². The summed E-state index contributed by atoms with van der Waals surface area (Å²) < 4.78 is 15.0. The number of fused-ring (bicyclic) bond motifs is 3. The monoisotopic (exact) mass is 411 g/mol. The number of nitrogens with zero attached hydrogens (tertiary/aromatic N) is 2. The Balaban J connectivity index is 1.45. The maximum absolute atomic E-state index is 13.3. The molecule has 0 spiro atoms. The van der Waals surface area contributed by atoms with Gasteiger partial charge >= 0.3 is 0 Å². The van der Waals surface area contributed by atoms with Crippen molar-refractivity contribution in [3.63, 3.8) is 0 Å². The van der Waals surface area contributed by atoms with Crippen LogP contribution in [0.4, 0.5) is 4.39 Å². The Morgan fingerprint density at radius 2 is 1.93 bits per heavy atom. The number of likely N-dealkylation sites (tertiary alicyclic amines) is 1. The molecule has 0 unspecified atom stereocenters. The number of halogens is 1. The quantitative estimate of drug-likeness (QED) is 0.787. The van der Waals surface area contributed by atoms with E-state index in [2.05, 4.69) is 5.32 Å². The number of hydrogen-bond acceptors (Lipinski definition) is 4. The van der Waals surface area contributed by atoms with Crippen molar-refractivity contribution in [3.05, 3.63) is 58.3 Å². The van der Waals surface area contributed by atoms with Gasteiger partial charge in [0.2, 0.25) is 5.91 Å². The molecule has 1 aliphatic carbocycles. The number of nitrogens with one attached hydrogen (secondary N) is 1. The molecule has 0 bridgehead atoms. The fraction of sp³-hybridized carbons (Fsp3) is 0.478. The van der Waals surface area contributed by atoms with Crippen molar-refractivity contribution in [2.45, 2.75) is 31.5 Å². The Morgan fingerprint density at radius 3 is 2.60 bits per heavy atom. The standard InChI is InChI=1S/C23H26FN3O3/c1-26-20-17(18(12-28)21(26)22(29)25-10-13-2-3-13)11-27-19(20)9-8-16(23(27)30)14-4-6-15(24)7-5-14/h4-9,13,17-18,20-21,28H,2-3,10-12H2,1H3,(H,25,29)/t17-,18-,20+,21-/m0/s1. The molecular weight excluding hydrogens is 385 g/mol. The molecule has 158 valence electrons. The number of rotatable bonds is 5. The van der Waals surface area contributed by atoms with Gasteiger partial charge in [-0.15, -0.1) is 0 Å². The van der Waals surface area contributed by atoms with Gasteiger partial charge in [0.25, 0.3) is 5.56 Å².